The molecule has 1 atom stereocenters. The lowest BCUT2D eigenvalue weighted by molar-refractivity contribution is 0.106. The highest BCUT2D eigenvalue weighted by atomic mass is 79.9. The zero-order valence-electron chi connectivity index (χ0n) is 18.5. The van der Waals surface area contributed by atoms with E-state index in [1.54, 1.807) is 30.5 Å². The number of carbonyl (C=O) groups excluding carboxylic acids is 1. The first-order chi connectivity index (χ1) is 15.7. The normalized spacial score (nSPS) is 22.2. The summed E-state index contributed by atoms with van der Waals surface area (Å²) in [6.07, 6.45) is 3.11. The van der Waals surface area contributed by atoms with E-state index in [1.165, 1.54) is 10.4 Å². The highest BCUT2D eigenvalue weighted by Gasteiger charge is 2.42. The molecule has 0 spiro atoms. The Hall–Kier alpha value is -2.30. The Balaban J connectivity index is 1.40. The van der Waals surface area contributed by atoms with E-state index in [4.69, 9.17) is 4.74 Å². The van der Waals surface area contributed by atoms with Gasteiger partial charge in [-0.25, -0.2) is 13.4 Å². The molecule has 1 aromatic heterocycles. The molecule has 5 rings (SSSR count). The topological polar surface area (TPSA) is 92.2 Å². The summed E-state index contributed by atoms with van der Waals surface area (Å²) in [6.45, 7) is 6.11. The Morgan fingerprint density at radius 2 is 2.09 bits per heavy atom. The van der Waals surface area contributed by atoms with E-state index in [9.17, 15) is 13.2 Å². The molecule has 0 amide bonds. The van der Waals surface area contributed by atoms with Crippen molar-refractivity contribution in [3.8, 4) is 5.75 Å². The van der Waals surface area contributed by atoms with Gasteiger partial charge in [0.1, 0.15) is 11.2 Å². The van der Waals surface area contributed by atoms with Gasteiger partial charge in [0.05, 0.1) is 22.2 Å². The second-order valence-electron chi connectivity index (χ2n) is 9.41. The van der Waals surface area contributed by atoms with Gasteiger partial charge in [0.15, 0.2) is 11.6 Å². The largest absolute Gasteiger partial charge is 0.489 e. The van der Waals surface area contributed by atoms with Crippen molar-refractivity contribution in [2.75, 3.05) is 31.1 Å². The number of hydrogen-bond acceptors (Lipinski definition) is 7. The van der Waals surface area contributed by atoms with Crippen molar-refractivity contribution in [2.24, 2.45) is 10.4 Å². The molecule has 0 radical (unpaired) electrons. The number of aliphatic imine (C=N–C) groups is 1. The molecule has 2 aromatic rings. The fourth-order valence-corrected chi connectivity index (χ4v) is 6.70. The summed E-state index contributed by atoms with van der Waals surface area (Å²) in [6, 6.07) is 8.11. The van der Waals surface area contributed by atoms with E-state index in [0.29, 0.717) is 47.8 Å². The molecule has 33 heavy (non-hydrogen) atoms. The van der Waals surface area contributed by atoms with E-state index in [-0.39, 0.29) is 28.7 Å². The molecule has 0 aliphatic carbocycles. The molecule has 4 heterocycles. The molecular weight excluding hydrogens is 508 g/mol. The van der Waals surface area contributed by atoms with Crippen LogP contribution in [0.5, 0.6) is 5.75 Å². The summed E-state index contributed by atoms with van der Waals surface area (Å²) in [5, 5.41) is 0. The summed E-state index contributed by atoms with van der Waals surface area (Å²) in [5.74, 6) is 0.777. The third-order valence-electron chi connectivity index (χ3n) is 6.29. The van der Waals surface area contributed by atoms with E-state index >= 15 is 0 Å². The molecule has 0 bridgehead atoms. The van der Waals surface area contributed by atoms with E-state index in [1.807, 2.05) is 4.90 Å². The van der Waals surface area contributed by atoms with Crippen LogP contribution in [0, 0.1) is 5.41 Å². The summed E-state index contributed by atoms with van der Waals surface area (Å²) in [7, 11) is -3.79. The second-order valence-corrected chi connectivity index (χ2v) is 12.1. The van der Waals surface area contributed by atoms with Gasteiger partial charge in [-0.3, -0.25) is 9.79 Å². The maximum Gasteiger partial charge on any atom is 0.243 e. The molecule has 10 heteroatoms. The fourth-order valence-electron chi connectivity index (χ4n) is 4.63. The van der Waals surface area contributed by atoms with Crippen LogP contribution in [-0.2, 0) is 10.0 Å². The third kappa shape index (κ3) is 3.98. The zero-order valence-corrected chi connectivity index (χ0v) is 20.9. The summed E-state index contributed by atoms with van der Waals surface area (Å²) < 4.78 is 35.0. The number of Topliss-reactive ketones (excluding diaryl/α,β-unsaturated/α-hetero) is 1. The van der Waals surface area contributed by atoms with Crippen LogP contribution >= 0.6 is 15.9 Å². The number of ether oxygens (including phenoxy) is 1. The number of benzene rings is 1. The SMILES string of the molecule is CC1(C)CN=C2C(=O)c3cc(S(=O)(=O)N4CCC[C@H]4COc4cccnc4Br)ccc3N2C1. The monoisotopic (exact) mass is 532 g/mol. The Labute approximate surface area is 201 Å². The highest BCUT2D eigenvalue weighted by Crippen LogP contribution is 2.38. The lowest BCUT2D eigenvalue weighted by atomic mass is 9.91. The minimum atomic E-state index is -3.79. The number of rotatable bonds is 5. The van der Waals surface area contributed by atoms with Crippen LogP contribution in [0.4, 0.5) is 5.69 Å². The first-order valence-corrected chi connectivity index (χ1v) is 13.2. The van der Waals surface area contributed by atoms with Crippen molar-refractivity contribution in [1.29, 1.82) is 0 Å². The Morgan fingerprint density at radius 1 is 1.27 bits per heavy atom. The van der Waals surface area contributed by atoms with Gasteiger partial charge in [-0.05, 0) is 59.1 Å². The smallest absolute Gasteiger partial charge is 0.243 e. The van der Waals surface area contributed by atoms with Gasteiger partial charge >= 0.3 is 0 Å². The zero-order chi connectivity index (χ0) is 23.4. The Bertz CT molecular complexity index is 1260. The van der Waals surface area contributed by atoms with Crippen molar-refractivity contribution in [2.45, 2.75) is 37.6 Å². The van der Waals surface area contributed by atoms with Crippen LogP contribution in [0.25, 0.3) is 0 Å². The number of aromatic nitrogens is 1. The number of nitrogens with zero attached hydrogens (tertiary/aromatic N) is 4. The molecule has 1 fully saturated rings. The lowest BCUT2D eigenvalue weighted by Crippen LogP contribution is -2.44. The molecule has 3 aliphatic rings. The van der Waals surface area contributed by atoms with Gasteiger partial charge in [0.25, 0.3) is 0 Å². The van der Waals surface area contributed by atoms with Crippen molar-refractivity contribution in [1.82, 2.24) is 9.29 Å². The predicted octanol–water partition coefficient (Wildman–Crippen LogP) is 3.52. The minimum Gasteiger partial charge on any atom is -0.489 e. The van der Waals surface area contributed by atoms with Gasteiger partial charge in [-0.2, -0.15) is 4.31 Å². The average Bonchev–Trinajstić information content (AvgIpc) is 3.36. The number of pyridine rings is 1. The van der Waals surface area contributed by atoms with Gasteiger partial charge < -0.3 is 9.64 Å². The number of amidine groups is 1. The van der Waals surface area contributed by atoms with Crippen molar-refractivity contribution in [3.05, 3.63) is 46.7 Å². The highest BCUT2D eigenvalue weighted by molar-refractivity contribution is 9.10. The number of halogens is 1. The standard InChI is InChI=1S/C23H25BrN4O4S/c1-23(2)13-26-22-20(29)17-11-16(7-8-18(17)27(22)14-23)33(30,31)28-10-4-5-15(28)12-32-19-6-3-9-25-21(19)24/h3,6-9,11,15H,4-5,10,12-14H2,1-2H3/t15-/m0/s1. The third-order valence-corrected chi connectivity index (χ3v) is 8.83. The molecule has 1 aromatic carbocycles. The van der Waals surface area contributed by atoms with E-state index in [2.05, 4.69) is 39.8 Å². The van der Waals surface area contributed by atoms with Crippen molar-refractivity contribution >= 4 is 43.3 Å². The van der Waals surface area contributed by atoms with Gasteiger partial charge in [-0.15, -0.1) is 0 Å². The number of anilines is 1. The number of hydrogen-bond donors (Lipinski definition) is 0. The predicted molar refractivity (Wildman–Crippen MR) is 129 cm³/mol. The van der Waals surface area contributed by atoms with Crippen LogP contribution in [0.3, 0.4) is 0 Å². The van der Waals surface area contributed by atoms with Crippen LogP contribution in [-0.4, -0.2) is 61.6 Å². The first-order valence-electron chi connectivity index (χ1n) is 10.9. The van der Waals surface area contributed by atoms with E-state index in [0.717, 1.165) is 12.1 Å². The van der Waals surface area contributed by atoms with Crippen molar-refractivity contribution < 1.29 is 17.9 Å². The molecule has 174 valence electrons. The molecule has 1 saturated heterocycles. The van der Waals surface area contributed by atoms with Gasteiger partial charge in [0.2, 0.25) is 15.8 Å². The van der Waals surface area contributed by atoms with Crippen LogP contribution in [0.1, 0.15) is 37.0 Å². The molecule has 0 unspecified atom stereocenters. The van der Waals surface area contributed by atoms with E-state index < -0.39 is 10.0 Å². The van der Waals surface area contributed by atoms with Crippen LogP contribution < -0.4 is 9.64 Å². The molecule has 3 aliphatic heterocycles. The first kappa shape index (κ1) is 22.5. The quantitative estimate of drug-likeness (QED) is 0.547. The summed E-state index contributed by atoms with van der Waals surface area (Å²) in [4.78, 5) is 23.7. The molecule has 8 nitrogen and oxygen atoms in total. The Morgan fingerprint density at radius 3 is 2.88 bits per heavy atom. The fraction of sp³-hybridized carbons (Fsp3) is 0.435. The number of sulfonamides is 1. The average molecular weight is 533 g/mol. The van der Waals surface area contributed by atoms with Crippen LogP contribution in [0.2, 0.25) is 0 Å². The maximum atomic E-state index is 13.5. The van der Waals surface area contributed by atoms with Crippen molar-refractivity contribution in [3.63, 3.8) is 0 Å². The number of fused-ring (bicyclic) bond motifs is 3. The Kier molecular flexibility index (Phi) is 5.57. The molecular formula is C23H25BrN4O4S. The molecule has 0 N–H and O–H groups in total. The lowest BCUT2D eigenvalue weighted by Gasteiger charge is -2.34. The van der Waals surface area contributed by atoms with Gasteiger partial charge in [-0.1, -0.05) is 13.8 Å². The number of ketones is 1. The second kappa shape index (κ2) is 8.18. The maximum absolute atomic E-state index is 13.5. The summed E-state index contributed by atoms with van der Waals surface area (Å²) in [5.41, 5.74) is 1.08. The minimum absolute atomic E-state index is 0.0534. The number of carbonyl (C=O) groups is 1. The molecule has 0 saturated carbocycles. The van der Waals surface area contributed by atoms with Crippen LogP contribution in [0.15, 0.2) is 51.0 Å². The van der Waals surface area contributed by atoms with Gasteiger partial charge in [0, 0.05) is 31.2 Å². The summed E-state index contributed by atoms with van der Waals surface area (Å²) >= 11 is 3.35.